The zero-order valence-electron chi connectivity index (χ0n) is 9.22. The molecular weight excluding hydrogens is 243 g/mol. The Labute approximate surface area is 101 Å². The van der Waals surface area contributed by atoms with Crippen molar-refractivity contribution in [3.63, 3.8) is 0 Å². The van der Waals surface area contributed by atoms with Gasteiger partial charge < -0.3 is 14.9 Å². The van der Waals surface area contributed by atoms with Gasteiger partial charge in [-0.05, 0) is 0 Å². The van der Waals surface area contributed by atoms with Crippen LogP contribution in [0.4, 0.5) is 4.39 Å². The molecule has 0 aliphatic carbocycles. The number of nitrogens with zero attached hydrogens (tertiary/aromatic N) is 4. The van der Waals surface area contributed by atoms with Crippen molar-refractivity contribution in [3.05, 3.63) is 18.9 Å². The lowest BCUT2D eigenvalue weighted by molar-refractivity contribution is -0.0459. The number of halogens is 1. The Kier molecular flexibility index (Phi) is 2.69. The highest BCUT2D eigenvalue weighted by atomic mass is 19.1. The molecule has 3 rings (SSSR count). The van der Waals surface area contributed by atoms with Crippen molar-refractivity contribution in [2.45, 2.75) is 24.6 Å². The molecule has 18 heavy (non-hydrogen) atoms. The highest BCUT2D eigenvalue weighted by Crippen LogP contribution is 2.33. The van der Waals surface area contributed by atoms with E-state index in [-0.39, 0.29) is 0 Å². The topological polar surface area (TPSA) is 93.3 Å². The lowest BCUT2D eigenvalue weighted by Crippen LogP contribution is -2.30. The fourth-order valence-electron chi connectivity index (χ4n) is 2.05. The molecule has 3 heterocycles. The summed E-state index contributed by atoms with van der Waals surface area (Å²) in [6.45, 7) is -0.445. The third kappa shape index (κ3) is 1.57. The number of aliphatic hydroxyl groups excluding tert-OH is 2. The quantitative estimate of drug-likeness (QED) is 0.744. The van der Waals surface area contributed by atoms with Gasteiger partial charge in [0.1, 0.15) is 24.1 Å². The first-order chi connectivity index (χ1) is 8.72. The van der Waals surface area contributed by atoms with Gasteiger partial charge in [0, 0.05) is 0 Å². The molecule has 0 unspecified atom stereocenters. The first-order valence-electron chi connectivity index (χ1n) is 5.43. The fraction of sp³-hybridized carbons (Fsp3) is 0.500. The summed E-state index contributed by atoms with van der Waals surface area (Å²) in [5.74, 6) is 0. The molecule has 1 fully saturated rings. The Hall–Kier alpha value is -1.64. The number of aromatic nitrogens is 4. The van der Waals surface area contributed by atoms with Crippen molar-refractivity contribution in [3.8, 4) is 0 Å². The van der Waals surface area contributed by atoms with E-state index >= 15 is 0 Å². The third-order valence-electron chi connectivity index (χ3n) is 2.99. The second-order valence-electron chi connectivity index (χ2n) is 4.07. The number of alkyl halides is 1. The van der Waals surface area contributed by atoms with Crippen molar-refractivity contribution in [1.82, 2.24) is 19.5 Å². The molecular formula is C10H11FN4O3. The number of fused-ring (bicyclic) bond motifs is 1. The Morgan fingerprint density at radius 3 is 3.00 bits per heavy atom. The van der Waals surface area contributed by atoms with Crippen LogP contribution in [0.1, 0.15) is 6.23 Å². The normalized spacial score (nSPS) is 32.2. The van der Waals surface area contributed by atoms with Crippen molar-refractivity contribution in [1.29, 1.82) is 0 Å². The van der Waals surface area contributed by atoms with Crippen LogP contribution in [0.2, 0.25) is 0 Å². The highest BCUT2D eigenvalue weighted by molar-refractivity contribution is 5.68. The molecule has 0 aromatic carbocycles. The van der Waals surface area contributed by atoms with Gasteiger partial charge in [0.15, 0.2) is 18.0 Å². The minimum absolute atomic E-state index is 0.420. The summed E-state index contributed by atoms with van der Waals surface area (Å²) in [7, 11) is 0. The Balaban J connectivity index is 2.00. The van der Waals surface area contributed by atoms with Crippen molar-refractivity contribution in [2.24, 2.45) is 0 Å². The van der Waals surface area contributed by atoms with Gasteiger partial charge in [-0.1, -0.05) is 0 Å². The number of hydrogen-bond acceptors (Lipinski definition) is 6. The Bertz CT molecular complexity index is 563. The van der Waals surface area contributed by atoms with E-state index in [0.29, 0.717) is 11.2 Å². The zero-order valence-corrected chi connectivity index (χ0v) is 9.22. The van der Waals surface area contributed by atoms with Crippen molar-refractivity contribution < 1.29 is 19.3 Å². The first-order valence-corrected chi connectivity index (χ1v) is 5.43. The maximum Gasteiger partial charge on any atom is 0.173 e. The smallest absolute Gasteiger partial charge is 0.173 e. The minimum atomic E-state index is -1.64. The highest BCUT2D eigenvalue weighted by Gasteiger charge is 2.45. The van der Waals surface area contributed by atoms with Gasteiger partial charge in [-0.3, -0.25) is 4.57 Å². The lowest BCUT2D eigenvalue weighted by atomic mass is 10.1. The van der Waals surface area contributed by atoms with Gasteiger partial charge in [0.25, 0.3) is 0 Å². The molecule has 2 aromatic heterocycles. The molecule has 96 valence electrons. The molecule has 0 radical (unpaired) electrons. The molecule has 4 atom stereocenters. The maximum atomic E-state index is 13.9. The molecule has 1 saturated heterocycles. The van der Waals surface area contributed by atoms with E-state index in [9.17, 15) is 9.50 Å². The van der Waals surface area contributed by atoms with E-state index in [0.717, 1.165) is 0 Å². The monoisotopic (exact) mass is 254 g/mol. The molecule has 7 nitrogen and oxygen atoms in total. The van der Waals surface area contributed by atoms with Crippen LogP contribution in [0.5, 0.6) is 0 Å². The molecule has 1 aliphatic rings. The van der Waals surface area contributed by atoms with E-state index in [1.54, 1.807) is 0 Å². The van der Waals surface area contributed by atoms with Crippen LogP contribution in [-0.2, 0) is 4.74 Å². The van der Waals surface area contributed by atoms with E-state index in [1.807, 2.05) is 0 Å². The molecule has 2 N–H and O–H groups in total. The van der Waals surface area contributed by atoms with Gasteiger partial charge in [-0.15, -0.1) is 0 Å². The van der Waals surface area contributed by atoms with Gasteiger partial charge in [-0.25, -0.2) is 19.3 Å². The molecule has 0 bridgehead atoms. The molecule has 0 saturated carbocycles. The summed E-state index contributed by atoms with van der Waals surface area (Å²) in [5.41, 5.74) is 0.929. The number of imidazole rings is 1. The predicted molar refractivity (Wildman–Crippen MR) is 57.2 cm³/mol. The van der Waals surface area contributed by atoms with Gasteiger partial charge in [0.05, 0.1) is 19.1 Å². The van der Waals surface area contributed by atoms with Gasteiger partial charge >= 0.3 is 0 Å². The predicted octanol–water partition coefficient (Wildman–Crippen LogP) is -0.585. The number of hydrogen-bond donors (Lipinski definition) is 2. The van der Waals surface area contributed by atoms with Crippen molar-refractivity contribution >= 4 is 11.2 Å². The summed E-state index contributed by atoms with van der Waals surface area (Å²) in [4.78, 5) is 11.8. The molecule has 8 heteroatoms. The summed E-state index contributed by atoms with van der Waals surface area (Å²) in [6, 6.07) is 0. The fourth-order valence-corrected chi connectivity index (χ4v) is 2.05. The molecule has 2 aromatic rings. The zero-order chi connectivity index (χ0) is 12.7. The van der Waals surface area contributed by atoms with Crippen LogP contribution in [0, 0.1) is 0 Å². The lowest BCUT2D eigenvalue weighted by Gasteiger charge is -2.14. The van der Waals surface area contributed by atoms with Crippen molar-refractivity contribution in [2.75, 3.05) is 6.61 Å². The van der Waals surface area contributed by atoms with Crippen LogP contribution in [0.15, 0.2) is 18.9 Å². The average Bonchev–Trinajstić information content (AvgIpc) is 2.93. The van der Waals surface area contributed by atoms with Crippen LogP contribution in [0.3, 0.4) is 0 Å². The Morgan fingerprint density at radius 2 is 2.28 bits per heavy atom. The summed E-state index contributed by atoms with van der Waals surface area (Å²) in [6.07, 6.45) is -0.790. The molecule has 1 aliphatic heterocycles. The van der Waals surface area contributed by atoms with Crippen LogP contribution in [0.25, 0.3) is 11.2 Å². The van der Waals surface area contributed by atoms with E-state index in [4.69, 9.17) is 9.84 Å². The SMILES string of the molecule is OC[C@@H]1O[C@@H](n2cnc3cncnc32)[C@H](F)[C@H]1O. The average molecular weight is 254 g/mol. The van der Waals surface area contributed by atoms with Crippen LogP contribution >= 0.6 is 0 Å². The van der Waals surface area contributed by atoms with Crippen LogP contribution in [-0.4, -0.2) is 54.7 Å². The summed E-state index contributed by atoms with van der Waals surface area (Å²) in [5, 5.41) is 18.6. The van der Waals surface area contributed by atoms with E-state index in [1.165, 1.54) is 23.4 Å². The number of aliphatic hydroxyl groups is 2. The second-order valence-corrected chi connectivity index (χ2v) is 4.07. The third-order valence-corrected chi connectivity index (χ3v) is 2.99. The summed E-state index contributed by atoms with van der Waals surface area (Å²) >= 11 is 0. The minimum Gasteiger partial charge on any atom is -0.394 e. The molecule has 0 amide bonds. The first kappa shape index (κ1) is 11.5. The largest absolute Gasteiger partial charge is 0.394 e. The Morgan fingerprint density at radius 1 is 1.44 bits per heavy atom. The molecule has 0 spiro atoms. The van der Waals surface area contributed by atoms with Crippen LogP contribution < -0.4 is 0 Å². The van der Waals surface area contributed by atoms with E-state index in [2.05, 4.69) is 15.0 Å². The van der Waals surface area contributed by atoms with Gasteiger partial charge in [0.2, 0.25) is 0 Å². The second kappa shape index (κ2) is 4.23. The summed E-state index contributed by atoms with van der Waals surface area (Å²) < 4.78 is 20.6. The standard InChI is InChI=1S/C10H11FN4O3/c11-7-8(17)6(2-16)18-10(7)15-4-14-5-1-12-3-13-9(5)15/h1,3-4,6-8,10,16-17H,2H2/t6-,7+,8-,10+/m0/s1. The number of ether oxygens (including phenoxy) is 1. The van der Waals surface area contributed by atoms with Gasteiger partial charge in [-0.2, -0.15) is 0 Å². The maximum absolute atomic E-state index is 13.9. The van der Waals surface area contributed by atoms with E-state index < -0.39 is 31.2 Å². The number of rotatable bonds is 2.